The van der Waals surface area contributed by atoms with E-state index in [9.17, 15) is 14.9 Å². The largest absolute Gasteiger partial charge is 0.493 e. The second-order valence-corrected chi connectivity index (χ2v) is 7.05. The van der Waals surface area contributed by atoms with Gasteiger partial charge in [-0.3, -0.25) is 14.9 Å². The highest BCUT2D eigenvalue weighted by molar-refractivity contribution is 5.99. The van der Waals surface area contributed by atoms with Gasteiger partial charge in [-0.1, -0.05) is 44.2 Å². The molecule has 0 unspecified atom stereocenters. The normalized spacial score (nSPS) is 11.0. The molecule has 2 rings (SSSR count). The SMILES string of the molecule is COCCOc1cc([N+](=O)[O-])c(C(=O)NCC(C)(C)c2ccccc2)cc1OC. The molecule has 1 N–H and O–H groups in total. The molecule has 8 heteroatoms. The molecule has 0 atom stereocenters. The first-order valence-electron chi connectivity index (χ1n) is 9.12. The van der Waals surface area contributed by atoms with E-state index in [1.165, 1.54) is 26.4 Å². The quantitative estimate of drug-likeness (QED) is 0.372. The molecule has 0 radical (unpaired) electrons. The van der Waals surface area contributed by atoms with Crippen LogP contribution in [0.3, 0.4) is 0 Å². The number of ether oxygens (including phenoxy) is 3. The Morgan fingerprint density at radius 2 is 1.79 bits per heavy atom. The van der Waals surface area contributed by atoms with E-state index in [1.54, 1.807) is 0 Å². The van der Waals surface area contributed by atoms with Gasteiger partial charge in [0.1, 0.15) is 12.2 Å². The van der Waals surface area contributed by atoms with Crippen LogP contribution in [0.15, 0.2) is 42.5 Å². The molecular weight excluding hydrogens is 376 g/mol. The van der Waals surface area contributed by atoms with Gasteiger partial charge in [0.25, 0.3) is 11.6 Å². The van der Waals surface area contributed by atoms with Crippen LogP contribution in [0.2, 0.25) is 0 Å². The zero-order chi connectivity index (χ0) is 21.4. The summed E-state index contributed by atoms with van der Waals surface area (Å²) in [6.45, 7) is 4.80. The number of hydrogen-bond acceptors (Lipinski definition) is 6. The number of carbonyl (C=O) groups excluding carboxylic acids is 1. The van der Waals surface area contributed by atoms with E-state index in [4.69, 9.17) is 14.2 Å². The summed E-state index contributed by atoms with van der Waals surface area (Å²) < 4.78 is 15.6. The van der Waals surface area contributed by atoms with E-state index < -0.39 is 10.8 Å². The third kappa shape index (κ3) is 5.68. The fourth-order valence-corrected chi connectivity index (χ4v) is 2.78. The first-order valence-corrected chi connectivity index (χ1v) is 9.12. The van der Waals surface area contributed by atoms with Gasteiger partial charge in [-0.2, -0.15) is 0 Å². The van der Waals surface area contributed by atoms with Crippen LogP contribution in [-0.4, -0.2) is 44.8 Å². The van der Waals surface area contributed by atoms with Crippen molar-refractivity contribution in [2.24, 2.45) is 0 Å². The summed E-state index contributed by atoms with van der Waals surface area (Å²) in [5, 5.41) is 14.3. The molecule has 0 aliphatic carbocycles. The Hall–Kier alpha value is -3.13. The molecule has 1 amide bonds. The predicted molar refractivity (Wildman–Crippen MR) is 109 cm³/mol. The highest BCUT2D eigenvalue weighted by Crippen LogP contribution is 2.35. The number of nitro benzene ring substituents is 1. The smallest absolute Gasteiger partial charge is 0.286 e. The minimum absolute atomic E-state index is 0.0881. The highest BCUT2D eigenvalue weighted by Gasteiger charge is 2.27. The molecule has 0 saturated carbocycles. The lowest BCUT2D eigenvalue weighted by atomic mass is 9.84. The molecular formula is C21H26N2O6. The van der Waals surface area contributed by atoms with Gasteiger partial charge in [-0.15, -0.1) is 0 Å². The Kier molecular flexibility index (Phi) is 7.55. The number of nitrogens with one attached hydrogen (secondary N) is 1. The fourth-order valence-electron chi connectivity index (χ4n) is 2.78. The van der Waals surface area contributed by atoms with Crippen molar-refractivity contribution in [3.63, 3.8) is 0 Å². The van der Waals surface area contributed by atoms with Crippen molar-refractivity contribution >= 4 is 11.6 Å². The maximum Gasteiger partial charge on any atom is 0.286 e. The van der Waals surface area contributed by atoms with Crippen LogP contribution in [-0.2, 0) is 10.2 Å². The molecule has 2 aromatic carbocycles. The summed E-state index contributed by atoms with van der Waals surface area (Å²) in [5.74, 6) is -0.140. The van der Waals surface area contributed by atoms with E-state index >= 15 is 0 Å². The number of amides is 1. The minimum Gasteiger partial charge on any atom is -0.493 e. The molecule has 2 aromatic rings. The van der Waals surface area contributed by atoms with Gasteiger partial charge in [0.05, 0.1) is 24.7 Å². The van der Waals surface area contributed by atoms with Gasteiger partial charge >= 0.3 is 0 Å². The topological polar surface area (TPSA) is 99.9 Å². The summed E-state index contributed by atoms with van der Waals surface area (Å²) in [7, 11) is 2.93. The molecule has 0 heterocycles. The second-order valence-electron chi connectivity index (χ2n) is 7.05. The van der Waals surface area contributed by atoms with Gasteiger partial charge in [-0.25, -0.2) is 0 Å². The van der Waals surface area contributed by atoms with Crippen molar-refractivity contribution in [2.45, 2.75) is 19.3 Å². The highest BCUT2D eigenvalue weighted by atomic mass is 16.6. The van der Waals surface area contributed by atoms with E-state index in [0.29, 0.717) is 13.2 Å². The molecule has 8 nitrogen and oxygen atoms in total. The maximum absolute atomic E-state index is 12.8. The monoisotopic (exact) mass is 402 g/mol. The third-order valence-electron chi connectivity index (χ3n) is 4.51. The molecule has 0 aliphatic rings. The van der Waals surface area contributed by atoms with E-state index in [2.05, 4.69) is 5.32 Å². The number of hydrogen-bond donors (Lipinski definition) is 1. The Balaban J connectivity index is 2.25. The molecule has 0 aliphatic heterocycles. The zero-order valence-electron chi connectivity index (χ0n) is 17.1. The zero-order valence-corrected chi connectivity index (χ0v) is 17.1. The van der Waals surface area contributed by atoms with Crippen LogP contribution >= 0.6 is 0 Å². The first kappa shape index (κ1) is 22.2. The van der Waals surface area contributed by atoms with Crippen molar-refractivity contribution < 1.29 is 23.9 Å². The fraction of sp³-hybridized carbons (Fsp3) is 0.381. The lowest BCUT2D eigenvalue weighted by molar-refractivity contribution is -0.385. The van der Waals surface area contributed by atoms with Crippen molar-refractivity contribution in [1.29, 1.82) is 0 Å². The predicted octanol–water partition coefficient (Wildman–Crippen LogP) is 3.34. The van der Waals surface area contributed by atoms with Gasteiger partial charge in [0, 0.05) is 25.1 Å². The molecule has 156 valence electrons. The lowest BCUT2D eigenvalue weighted by Crippen LogP contribution is -2.36. The molecule has 0 bridgehead atoms. The van der Waals surface area contributed by atoms with Gasteiger partial charge in [0.2, 0.25) is 0 Å². The Labute approximate surface area is 169 Å². The van der Waals surface area contributed by atoms with Crippen LogP contribution in [0.1, 0.15) is 29.8 Å². The van der Waals surface area contributed by atoms with Crippen molar-refractivity contribution in [3.8, 4) is 11.5 Å². The molecule has 29 heavy (non-hydrogen) atoms. The van der Waals surface area contributed by atoms with Crippen molar-refractivity contribution in [2.75, 3.05) is 34.0 Å². The second kappa shape index (κ2) is 9.88. The Bertz CT molecular complexity index is 852. The van der Waals surface area contributed by atoms with Gasteiger partial charge in [0.15, 0.2) is 11.5 Å². The Morgan fingerprint density at radius 1 is 1.10 bits per heavy atom. The summed E-state index contributed by atoms with van der Waals surface area (Å²) in [5.41, 5.74) is 0.260. The standard InChI is InChI=1S/C21H26N2O6/c1-21(2,15-8-6-5-7-9-15)14-22-20(24)16-12-18(28-4)19(29-11-10-27-3)13-17(16)23(25)26/h5-9,12-13H,10-11,14H2,1-4H3,(H,22,24). The van der Waals surface area contributed by atoms with Crippen molar-refractivity contribution in [3.05, 3.63) is 63.7 Å². The summed E-state index contributed by atoms with van der Waals surface area (Å²) in [6.07, 6.45) is 0. The summed E-state index contributed by atoms with van der Waals surface area (Å²) in [6, 6.07) is 12.3. The number of carbonyl (C=O) groups is 1. The van der Waals surface area contributed by atoms with E-state index in [1.807, 2.05) is 44.2 Å². The maximum atomic E-state index is 12.8. The average molecular weight is 402 g/mol. The molecule has 0 spiro atoms. The van der Waals surface area contributed by atoms with Crippen LogP contribution in [0, 0.1) is 10.1 Å². The number of benzene rings is 2. The number of nitro groups is 1. The average Bonchev–Trinajstić information content (AvgIpc) is 2.72. The summed E-state index contributed by atoms with van der Waals surface area (Å²) in [4.78, 5) is 23.7. The van der Waals surface area contributed by atoms with Gasteiger partial charge in [-0.05, 0) is 5.56 Å². The number of nitrogens with zero attached hydrogens (tertiary/aromatic N) is 1. The van der Waals surface area contributed by atoms with Crippen LogP contribution < -0.4 is 14.8 Å². The van der Waals surface area contributed by atoms with Crippen LogP contribution in [0.5, 0.6) is 11.5 Å². The summed E-state index contributed by atoms with van der Waals surface area (Å²) >= 11 is 0. The molecule has 0 saturated heterocycles. The molecule has 0 aromatic heterocycles. The van der Waals surface area contributed by atoms with Crippen LogP contribution in [0.4, 0.5) is 5.69 Å². The number of methoxy groups -OCH3 is 2. The van der Waals surface area contributed by atoms with E-state index in [-0.39, 0.29) is 34.8 Å². The lowest BCUT2D eigenvalue weighted by Gasteiger charge is -2.25. The number of rotatable bonds is 10. The third-order valence-corrected chi connectivity index (χ3v) is 4.51. The Morgan fingerprint density at radius 3 is 2.38 bits per heavy atom. The minimum atomic E-state index is -0.611. The first-order chi connectivity index (χ1) is 13.8. The van der Waals surface area contributed by atoms with E-state index in [0.717, 1.165) is 5.56 Å². The van der Waals surface area contributed by atoms with Gasteiger partial charge < -0.3 is 19.5 Å². The van der Waals surface area contributed by atoms with Crippen LogP contribution in [0.25, 0.3) is 0 Å². The molecule has 0 fully saturated rings. The van der Waals surface area contributed by atoms with Crippen molar-refractivity contribution in [1.82, 2.24) is 5.32 Å².